The molecule has 1 aromatic carbocycles. The SMILES string of the molecule is CN/C=C\C(N)=NC(=O)c1cc(Oc2cnc(C(=O)N3CCC3)cn2)cc(OC2(CO)C[C@H]2C)c1. The summed E-state index contributed by atoms with van der Waals surface area (Å²) in [7, 11) is 1.70. The van der Waals surface area contributed by atoms with Crippen LogP contribution in [0.3, 0.4) is 0 Å². The van der Waals surface area contributed by atoms with Gasteiger partial charge in [-0.3, -0.25) is 9.59 Å². The van der Waals surface area contributed by atoms with Gasteiger partial charge in [-0.1, -0.05) is 6.92 Å². The van der Waals surface area contributed by atoms with Crippen molar-refractivity contribution in [2.24, 2.45) is 16.6 Å². The van der Waals surface area contributed by atoms with Gasteiger partial charge in [0.25, 0.3) is 11.8 Å². The summed E-state index contributed by atoms with van der Waals surface area (Å²) in [5, 5.41) is 12.6. The molecule has 4 rings (SSSR count). The molecule has 2 amide bonds. The fourth-order valence-electron chi connectivity index (χ4n) is 3.57. The van der Waals surface area contributed by atoms with Crippen LogP contribution in [0.5, 0.6) is 17.4 Å². The van der Waals surface area contributed by atoms with Crippen molar-refractivity contribution in [1.82, 2.24) is 20.2 Å². The van der Waals surface area contributed by atoms with Gasteiger partial charge < -0.3 is 30.5 Å². The van der Waals surface area contributed by atoms with Crippen LogP contribution in [0, 0.1) is 5.92 Å². The molecule has 35 heavy (non-hydrogen) atoms. The van der Waals surface area contributed by atoms with Crippen LogP contribution >= 0.6 is 0 Å². The van der Waals surface area contributed by atoms with E-state index in [1.807, 2.05) is 6.92 Å². The highest BCUT2D eigenvalue weighted by molar-refractivity contribution is 6.06. The van der Waals surface area contributed by atoms with E-state index in [1.54, 1.807) is 24.2 Å². The van der Waals surface area contributed by atoms with Crippen molar-refractivity contribution in [1.29, 1.82) is 0 Å². The smallest absolute Gasteiger partial charge is 0.279 e. The molecule has 2 atom stereocenters. The first-order valence-corrected chi connectivity index (χ1v) is 11.3. The van der Waals surface area contributed by atoms with Gasteiger partial charge in [0.05, 0.1) is 19.0 Å². The van der Waals surface area contributed by atoms with Crippen molar-refractivity contribution in [2.45, 2.75) is 25.4 Å². The Kier molecular flexibility index (Phi) is 6.97. The second-order valence-electron chi connectivity index (χ2n) is 8.57. The van der Waals surface area contributed by atoms with E-state index in [0.717, 1.165) is 6.42 Å². The number of aliphatic imine (C=N–C) groups is 1. The molecule has 2 heterocycles. The van der Waals surface area contributed by atoms with E-state index >= 15 is 0 Å². The highest BCUT2D eigenvalue weighted by Gasteiger charge is 2.53. The van der Waals surface area contributed by atoms with Crippen molar-refractivity contribution in [3.8, 4) is 17.4 Å². The maximum absolute atomic E-state index is 12.8. The molecule has 1 aliphatic carbocycles. The average Bonchev–Trinajstić information content (AvgIpc) is 3.45. The van der Waals surface area contributed by atoms with Crippen LogP contribution in [0.25, 0.3) is 0 Å². The molecule has 4 N–H and O–H groups in total. The lowest BCUT2D eigenvalue weighted by molar-refractivity contribution is 0.0645. The van der Waals surface area contributed by atoms with Crippen LogP contribution in [0.2, 0.25) is 0 Å². The molecule has 1 aromatic heterocycles. The van der Waals surface area contributed by atoms with Crippen molar-refractivity contribution < 1.29 is 24.2 Å². The number of amidine groups is 1. The lowest BCUT2D eigenvalue weighted by atomic mass is 10.2. The Bertz CT molecular complexity index is 1160. The normalized spacial score (nSPS) is 21.4. The molecule has 11 nitrogen and oxygen atoms in total. The minimum absolute atomic E-state index is 0.0223. The number of carbonyl (C=O) groups excluding carboxylic acids is 2. The number of hydrogen-bond donors (Lipinski definition) is 3. The second kappa shape index (κ2) is 10.1. The Morgan fingerprint density at radius 3 is 2.60 bits per heavy atom. The van der Waals surface area contributed by atoms with Crippen molar-refractivity contribution >= 4 is 17.6 Å². The Morgan fingerprint density at radius 1 is 1.29 bits per heavy atom. The predicted molar refractivity (Wildman–Crippen MR) is 127 cm³/mol. The summed E-state index contributed by atoms with van der Waals surface area (Å²) < 4.78 is 11.9. The number of amides is 2. The molecule has 1 unspecified atom stereocenters. The number of nitrogens with zero attached hydrogens (tertiary/aromatic N) is 4. The van der Waals surface area contributed by atoms with Gasteiger partial charge in [-0.2, -0.15) is 4.99 Å². The highest BCUT2D eigenvalue weighted by atomic mass is 16.5. The van der Waals surface area contributed by atoms with E-state index in [9.17, 15) is 14.7 Å². The number of nitrogens with one attached hydrogen (secondary N) is 1. The number of hydrogen-bond acceptors (Lipinski definition) is 8. The van der Waals surface area contributed by atoms with Crippen LogP contribution in [0.4, 0.5) is 0 Å². The van der Waals surface area contributed by atoms with Crippen LogP contribution in [-0.4, -0.2) is 70.0 Å². The summed E-state index contributed by atoms with van der Waals surface area (Å²) in [6.45, 7) is 3.25. The number of rotatable bonds is 9. The van der Waals surface area contributed by atoms with Crippen molar-refractivity contribution in [3.63, 3.8) is 0 Å². The van der Waals surface area contributed by atoms with Crippen molar-refractivity contribution in [3.05, 3.63) is 54.1 Å². The highest BCUT2D eigenvalue weighted by Crippen LogP contribution is 2.47. The van der Waals surface area contributed by atoms with Gasteiger partial charge in [-0.25, -0.2) is 9.97 Å². The number of aliphatic hydroxyl groups is 1. The minimum Gasteiger partial charge on any atom is -0.484 e. The van der Waals surface area contributed by atoms with E-state index in [2.05, 4.69) is 20.3 Å². The van der Waals surface area contributed by atoms with Gasteiger partial charge >= 0.3 is 0 Å². The molecule has 184 valence electrons. The van der Waals surface area contributed by atoms with E-state index in [-0.39, 0.29) is 47.2 Å². The van der Waals surface area contributed by atoms with E-state index < -0.39 is 11.5 Å². The van der Waals surface area contributed by atoms with Gasteiger partial charge in [0.15, 0.2) is 0 Å². The van der Waals surface area contributed by atoms with Crippen LogP contribution in [0.15, 0.2) is 47.9 Å². The van der Waals surface area contributed by atoms with Gasteiger partial charge in [0.2, 0.25) is 5.88 Å². The summed E-state index contributed by atoms with van der Waals surface area (Å²) in [6, 6.07) is 4.60. The van der Waals surface area contributed by atoms with Crippen LogP contribution < -0.4 is 20.5 Å². The summed E-state index contributed by atoms with van der Waals surface area (Å²) >= 11 is 0. The number of aliphatic hydroxyl groups excluding tert-OH is 1. The Hall–Kier alpha value is -3.99. The van der Waals surface area contributed by atoms with Crippen molar-refractivity contribution in [2.75, 3.05) is 26.7 Å². The number of benzene rings is 1. The molecule has 1 saturated heterocycles. The van der Waals surface area contributed by atoms with Gasteiger partial charge in [0.1, 0.15) is 28.6 Å². The van der Waals surface area contributed by atoms with E-state index in [1.165, 1.54) is 30.6 Å². The molecule has 1 saturated carbocycles. The first-order valence-electron chi connectivity index (χ1n) is 11.3. The average molecular weight is 481 g/mol. The molecular formula is C24H28N6O5. The lowest BCUT2D eigenvalue weighted by Gasteiger charge is -2.30. The Labute approximate surface area is 202 Å². The number of aromatic nitrogens is 2. The summed E-state index contributed by atoms with van der Waals surface area (Å²) in [6.07, 6.45) is 7.39. The van der Waals surface area contributed by atoms with Gasteiger partial charge in [-0.15, -0.1) is 0 Å². The van der Waals surface area contributed by atoms with Gasteiger partial charge in [0, 0.05) is 37.7 Å². The molecule has 2 aromatic rings. The van der Waals surface area contributed by atoms with Gasteiger partial charge in [-0.05, 0) is 37.3 Å². The largest absolute Gasteiger partial charge is 0.484 e. The lowest BCUT2D eigenvalue weighted by Crippen LogP contribution is -2.42. The molecule has 0 spiro atoms. The zero-order valence-electron chi connectivity index (χ0n) is 19.6. The first kappa shape index (κ1) is 24.1. The first-order chi connectivity index (χ1) is 16.8. The fourth-order valence-corrected chi connectivity index (χ4v) is 3.57. The zero-order valence-corrected chi connectivity index (χ0v) is 19.6. The Morgan fingerprint density at radius 2 is 2.03 bits per heavy atom. The molecule has 0 radical (unpaired) electrons. The summed E-state index contributed by atoms with van der Waals surface area (Å²) in [5.74, 6) is 0.144. The number of carbonyl (C=O) groups is 2. The number of ether oxygens (including phenoxy) is 2. The Balaban J connectivity index is 1.58. The second-order valence-corrected chi connectivity index (χ2v) is 8.57. The van der Waals surface area contributed by atoms with E-state index in [4.69, 9.17) is 15.2 Å². The standard InChI is InChI=1S/C24H28N6O5/c1-15-11-24(15,14-31)35-18-9-16(22(32)29-20(25)4-5-26-2)8-17(10-18)34-21-13-27-19(12-28-21)23(33)30-6-3-7-30/h4-5,8-10,12-13,15,26,31H,3,6-7,11,14H2,1-2H3,(H2,25,29,32)/b5-4-/t15-,24?/m1/s1. The zero-order chi connectivity index (χ0) is 25.0. The molecular weight excluding hydrogens is 452 g/mol. The quantitative estimate of drug-likeness (QED) is 0.358. The predicted octanol–water partition coefficient (Wildman–Crippen LogP) is 1.49. The van der Waals surface area contributed by atoms with E-state index in [0.29, 0.717) is 25.3 Å². The molecule has 1 aliphatic heterocycles. The third-order valence-electron chi connectivity index (χ3n) is 5.97. The topological polar surface area (TPSA) is 152 Å². The fraction of sp³-hybridized carbons (Fsp3) is 0.375. The summed E-state index contributed by atoms with van der Waals surface area (Å²) in [5.41, 5.74) is 5.49. The van der Waals surface area contributed by atoms with Crippen LogP contribution in [-0.2, 0) is 0 Å². The third-order valence-corrected chi connectivity index (χ3v) is 5.97. The third kappa shape index (κ3) is 5.57. The molecule has 2 fully saturated rings. The molecule has 2 aliphatic rings. The number of nitrogens with two attached hydrogens (primary N) is 1. The van der Waals surface area contributed by atoms with Crippen LogP contribution in [0.1, 0.15) is 40.6 Å². The monoisotopic (exact) mass is 480 g/mol. The molecule has 0 bridgehead atoms. The molecule has 11 heteroatoms. The summed E-state index contributed by atoms with van der Waals surface area (Å²) in [4.78, 5) is 38.9. The number of likely N-dealkylation sites (tertiary alicyclic amines) is 1. The maximum atomic E-state index is 12.8. The minimum atomic E-state index is -0.699. The maximum Gasteiger partial charge on any atom is 0.279 e.